The lowest BCUT2D eigenvalue weighted by molar-refractivity contribution is 0.00917. The second kappa shape index (κ2) is 8.49. The molecule has 3 heterocycles. The highest BCUT2D eigenvalue weighted by Crippen LogP contribution is 2.31. The van der Waals surface area contributed by atoms with Crippen LogP contribution in [0.5, 0.6) is 0 Å². The Labute approximate surface area is 180 Å². The van der Waals surface area contributed by atoms with Crippen molar-refractivity contribution in [3.63, 3.8) is 0 Å². The molecular formula is C22H25N5O4. The zero-order valence-corrected chi connectivity index (χ0v) is 17.7. The van der Waals surface area contributed by atoms with E-state index >= 15 is 0 Å². The van der Waals surface area contributed by atoms with Crippen molar-refractivity contribution in [2.24, 2.45) is 0 Å². The lowest BCUT2D eigenvalue weighted by Gasteiger charge is -2.20. The van der Waals surface area contributed by atoms with Gasteiger partial charge in [0, 0.05) is 17.3 Å². The molecule has 0 spiro atoms. The van der Waals surface area contributed by atoms with Crippen molar-refractivity contribution in [2.75, 3.05) is 23.8 Å². The van der Waals surface area contributed by atoms with Gasteiger partial charge in [-0.15, -0.1) is 0 Å². The largest absolute Gasteiger partial charge is 0.441 e. The van der Waals surface area contributed by atoms with E-state index in [2.05, 4.69) is 41.4 Å². The molecule has 1 aromatic carbocycles. The number of hydrogen-bond donors (Lipinski definition) is 2. The minimum atomic E-state index is -0.620. The summed E-state index contributed by atoms with van der Waals surface area (Å²) in [6.45, 7) is 6.92. The van der Waals surface area contributed by atoms with Crippen molar-refractivity contribution in [3.05, 3.63) is 47.8 Å². The fourth-order valence-corrected chi connectivity index (χ4v) is 3.65. The van der Waals surface area contributed by atoms with Gasteiger partial charge in [-0.05, 0) is 24.3 Å². The highest BCUT2D eigenvalue weighted by molar-refractivity contribution is 5.85. The van der Waals surface area contributed by atoms with Gasteiger partial charge in [-0.3, -0.25) is 5.32 Å². The molecular weight excluding hydrogens is 398 g/mol. The number of nitrogens with one attached hydrogen (secondary N) is 2. The number of benzene rings is 1. The molecule has 0 unspecified atom stereocenters. The number of aromatic nitrogens is 2. The fraction of sp³-hybridized carbons (Fsp3) is 0.455. The first-order chi connectivity index (χ1) is 14.8. The number of amides is 1. The van der Waals surface area contributed by atoms with Crippen LogP contribution in [-0.2, 0) is 19.6 Å². The standard InChI is InChI=1S/C22H25N5O4/c1-22(2,3)17-7-8-24-20(27-17)26-15-11-29-19-16(12-30-18(15)19)31-21(28)25-14-6-4-5-13(9-14)10-23/h4-9,15-16,18-19H,11-12H2,1-3H3,(H,25,28)(H,24,26,27)/t15-,16+,18+,19+/m0/s1. The maximum Gasteiger partial charge on any atom is 0.412 e. The highest BCUT2D eigenvalue weighted by atomic mass is 16.6. The molecule has 4 rings (SSSR count). The molecule has 31 heavy (non-hydrogen) atoms. The average molecular weight is 423 g/mol. The summed E-state index contributed by atoms with van der Waals surface area (Å²) < 4.78 is 17.3. The van der Waals surface area contributed by atoms with E-state index in [1.165, 1.54) is 0 Å². The number of nitriles is 1. The van der Waals surface area contributed by atoms with Crippen LogP contribution in [0, 0.1) is 11.3 Å². The third-order valence-corrected chi connectivity index (χ3v) is 5.24. The zero-order chi connectivity index (χ0) is 22.0. The molecule has 0 radical (unpaired) electrons. The van der Waals surface area contributed by atoms with Crippen molar-refractivity contribution < 1.29 is 19.0 Å². The van der Waals surface area contributed by atoms with Gasteiger partial charge >= 0.3 is 6.09 Å². The van der Waals surface area contributed by atoms with E-state index in [9.17, 15) is 4.79 Å². The van der Waals surface area contributed by atoms with Crippen molar-refractivity contribution in [1.82, 2.24) is 9.97 Å². The van der Waals surface area contributed by atoms with Crippen LogP contribution in [-0.4, -0.2) is 53.6 Å². The summed E-state index contributed by atoms with van der Waals surface area (Å²) in [5, 5.41) is 14.9. The number of carbonyl (C=O) groups excluding carboxylic acids is 1. The Morgan fingerprint density at radius 1 is 1.23 bits per heavy atom. The van der Waals surface area contributed by atoms with Gasteiger partial charge in [-0.25, -0.2) is 14.8 Å². The van der Waals surface area contributed by atoms with Crippen molar-refractivity contribution in [1.29, 1.82) is 5.26 Å². The van der Waals surface area contributed by atoms with E-state index in [-0.39, 0.29) is 30.3 Å². The van der Waals surface area contributed by atoms with E-state index in [0.29, 0.717) is 23.8 Å². The third-order valence-electron chi connectivity index (χ3n) is 5.24. The second-order valence-electron chi connectivity index (χ2n) is 8.62. The summed E-state index contributed by atoms with van der Waals surface area (Å²) in [7, 11) is 0. The molecule has 2 aliphatic heterocycles. The summed E-state index contributed by atoms with van der Waals surface area (Å²) in [6.07, 6.45) is -0.0690. The molecule has 2 fully saturated rings. The van der Waals surface area contributed by atoms with Gasteiger partial charge in [0.05, 0.1) is 36.6 Å². The SMILES string of the molecule is CC(C)(C)c1ccnc(N[C@H]2CO[C@H]3[C@@H]2OC[C@H]3OC(=O)Nc2cccc(C#N)c2)n1. The van der Waals surface area contributed by atoms with Crippen LogP contribution in [0.15, 0.2) is 36.5 Å². The van der Waals surface area contributed by atoms with Crippen molar-refractivity contribution in [2.45, 2.75) is 50.5 Å². The molecule has 0 saturated carbocycles. The van der Waals surface area contributed by atoms with Crippen molar-refractivity contribution >= 4 is 17.7 Å². The van der Waals surface area contributed by atoms with Gasteiger partial charge in [0.25, 0.3) is 0 Å². The summed E-state index contributed by atoms with van der Waals surface area (Å²) >= 11 is 0. The molecule has 2 N–H and O–H groups in total. The first kappa shape index (κ1) is 21.0. The molecule has 9 nitrogen and oxygen atoms in total. The van der Waals surface area contributed by atoms with Gasteiger partial charge in [-0.1, -0.05) is 26.8 Å². The predicted molar refractivity (Wildman–Crippen MR) is 113 cm³/mol. The summed E-state index contributed by atoms with van der Waals surface area (Å²) in [5.41, 5.74) is 1.79. The van der Waals surface area contributed by atoms with Gasteiger partial charge in [-0.2, -0.15) is 5.26 Å². The molecule has 1 amide bonds. The summed E-state index contributed by atoms with van der Waals surface area (Å²) in [5.74, 6) is 0.518. The van der Waals surface area contributed by atoms with E-state index < -0.39 is 12.2 Å². The smallest absolute Gasteiger partial charge is 0.412 e. The molecule has 4 atom stereocenters. The van der Waals surface area contributed by atoms with Crippen LogP contribution in [0.4, 0.5) is 16.4 Å². The Morgan fingerprint density at radius 3 is 2.81 bits per heavy atom. The number of ether oxygens (including phenoxy) is 3. The normalized spacial score (nSPS) is 24.8. The van der Waals surface area contributed by atoms with E-state index in [1.54, 1.807) is 30.5 Å². The third kappa shape index (κ3) is 4.76. The zero-order valence-electron chi connectivity index (χ0n) is 17.7. The minimum absolute atomic E-state index is 0.0863. The van der Waals surface area contributed by atoms with Crippen LogP contribution in [0.3, 0.4) is 0 Å². The Balaban J connectivity index is 1.35. The topological polar surface area (TPSA) is 118 Å². The van der Waals surface area contributed by atoms with Gasteiger partial charge in [0.15, 0.2) is 6.10 Å². The van der Waals surface area contributed by atoms with E-state index in [0.717, 1.165) is 5.69 Å². The summed E-state index contributed by atoms with van der Waals surface area (Å²) in [6, 6.07) is 10.4. The fourth-order valence-electron chi connectivity index (χ4n) is 3.65. The Morgan fingerprint density at radius 2 is 2.03 bits per heavy atom. The van der Waals surface area contributed by atoms with Crippen molar-refractivity contribution in [3.8, 4) is 6.07 Å². The number of anilines is 2. The number of fused-ring (bicyclic) bond motifs is 1. The Bertz CT molecular complexity index is 1000. The molecule has 2 aromatic rings. The Hall–Kier alpha value is -3.22. The first-order valence-electron chi connectivity index (χ1n) is 10.1. The van der Waals surface area contributed by atoms with Gasteiger partial charge in [0.2, 0.25) is 5.95 Å². The molecule has 0 aliphatic carbocycles. The second-order valence-corrected chi connectivity index (χ2v) is 8.62. The number of rotatable bonds is 4. The Kier molecular flexibility index (Phi) is 5.76. The molecule has 9 heteroatoms. The van der Waals surface area contributed by atoms with Crippen LogP contribution < -0.4 is 10.6 Å². The number of carbonyl (C=O) groups is 1. The van der Waals surface area contributed by atoms with Crippen LogP contribution in [0.2, 0.25) is 0 Å². The lowest BCUT2D eigenvalue weighted by atomic mass is 9.92. The van der Waals surface area contributed by atoms with E-state index in [1.807, 2.05) is 12.1 Å². The van der Waals surface area contributed by atoms with Crippen LogP contribution in [0.25, 0.3) is 0 Å². The molecule has 2 aliphatic rings. The van der Waals surface area contributed by atoms with Gasteiger partial charge in [0.1, 0.15) is 12.2 Å². The maximum absolute atomic E-state index is 12.3. The van der Waals surface area contributed by atoms with Gasteiger partial charge < -0.3 is 19.5 Å². The number of hydrogen-bond acceptors (Lipinski definition) is 8. The molecule has 0 bridgehead atoms. The molecule has 162 valence electrons. The monoisotopic (exact) mass is 423 g/mol. The van der Waals surface area contributed by atoms with E-state index in [4.69, 9.17) is 19.5 Å². The average Bonchev–Trinajstić information content (AvgIpc) is 3.31. The first-order valence-corrected chi connectivity index (χ1v) is 10.1. The quantitative estimate of drug-likeness (QED) is 0.771. The summed E-state index contributed by atoms with van der Waals surface area (Å²) in [4.78, 5) is 21.2. The lowest BCUT2D eigenvalue weighted by Crippen LogP contribution is -2.38. The number of nitrogens with zero attached hydrogens (tertiary/aromatic N) is 3. The predicted octanol–water partition coefficient (Wildman–Crippen LogP) is 2.84. The molecule has 1 aromatic heterocycles. The molecule has 2 saturated heterocycles. The minimum Gasteiger partial charge on any atom is -0.441 e. The van der Waals surface area contributed by atoms with Crippen LogP contribution >= 0.6 is 0 Å². The highest BCUT2D eigenvalue weighted by Gasteiger charge is 2.49. The van der Waals surface area contributed by atoms with Crippen LogP contribution in [0.1, 0.15) is 32.0 Å². The maximum atomic E-state index is 12.3.